The molecule has 19 heavy (non-hydrogen) atoms. The topological polar surface area (TPSA) is 39.4 Å². The van der Waals surface area contributed by atoms with E-state index in [0.29, 0.717) is 0 Å². The van der Waals surface area contributed by atoms with Crippen molar-refractivity contribution in [2.24, 2.45) is 0 Å². The maximum atomic E-state index is 5.24. The van der Waals surface area contributed by atoms with Crippen molar-refractivity contribution in [1.29, 1.82) is 0 Å². The van der Waals surface area contributed by atoms with Crippen LogP contribution >= 0.6 is 0 Å². The van der Waals surface area contributed by atoms with E-state index in [1.807, 2.05) is 30.3 Å². The first-order valence-electron chi connectivity index (χ1n) is 6.20. The van der Waals surface area contributed by atoms with Crippen LogP contribution in [0.2, 0.25) is 0 Å². The number of aromatic nitrogens is 3. The highest BCUT2D eigenvalue weighted by Gasteiger charge is 2.08. The molecule has 0 aliphatic carbocycles. The summed E-state index contributed by atoms with van der Waals surface area (Å²) in [7, 11) is 1.68. The normalized spacial score (nSPS) is 10.8. The summed E-state index contributed by atoms with van der Waals surface area (Å²) in [4.78, 5) is 0. The smallest absolute Gasteiger partial charge is 0.160 e. The van der Waals surface area contributed by atoms with Crippen LogP contribution in [0.4, 0.5) is 0 Å². The maximum Gasteiger partial charge on any atom is 0.160 e. The molecule has 0 saturated heterocycles. The van der Waals surface area contributed by atoms with Gasteiger partial charge in [-0.3, -0.25) is 4.40 Å². The zero-order chi connectivity index (χ0) is 13.2. The van der Waals surface area contributed by atoms with Gasteiger partial charge in [-0.25, -0.2) is 0 Å². The molecule has 0 unspecified atom stereocenters. The van der Waals surface area contributed by atoms with Gasteiger partial charge in [0.1, 0.15) is 11.6 Å². The summed E-state index contributed by atoms with van der Waals surface area (Å²) in [5, 5.41) is 8.48. The Morgan fingerprint density at radius 1 is 1.11 bits per heavy atom. The van der Waals surface area contributed by atoms with E-state index in [4.69, 9.17) is 4.74 Å². The number of ether oxygens (including phenoxy) is 1. The van der Waals surface area contributed by atoms with E-state index in [0.717, 1.165) is 34.9 Å². The number of fused-ring (bicyclic) bond motifs is 1. The fourth-order valence-corrected chi connectivity index (χ4v) is 2.25. The highest BCUT2D eigenvalue weighted by atomic mass is 16.5. The van der Waals surface area contributed by atoms with Crippen LogP contribution in [0.25, 0.3) is 5.65 Å². The lowest BCUT2D eigenvalue weighted by Crippen LogP contribution is -1.99. The van der Waals surface area contributed by atoms with Crippen molar-refractivity contribution in [3.63, 3.8) is 0 Å². The number of aryl methyl sites for hydroxylation is 1. The molecule has 0 atom stereocenters. The van der Waals surface area contributed by atoms with Gasteiger partial charge in [-0.05, 0) is 36.8 Å². The van der Waals surface area contributed by atoms with E-state index in [9.17, 15) is 0 Å². The zero-order valence-electron chi connectivity index (χ0n) is 11.0. The van der Waals surface area contributed by atoms with Gasteiger partial charge in [0.05, 0.1) is 7.11 Å². The molecule has 3 aromatic rings. The highest BCUT2D eigenvalue weighted by molar-refractivity contribution is 5.41. The molecule has 4 heteroatoms. The Labute approximate surface area is 111 Å². The molecular formula is C15H15N3O. The van der Waals surface area contributed by atoms with Gasteiger partial charge >= 0.3 is 0 Å². The minimum absolute atomic E-state index is 0.739. The molecule has 1 aromatic carbocycles. The first-order chi connectivity index (χ1) is 9.28. The number of hydrogen-bond acceptors (Lipinski definition) is 3. The zero-order valence-corrected chi connectivity index (χ0v) is 11.0. The molecule has 2 aromatic heterocycles. The van der Waals surface area contributed by atoms with Crippen molar-refractivity contribution in [2.75, 3.05) is 7.11 Å². The number of hydrogen-bond donors (Lipinski definition) is 0. The minimum atomic E-state index is 0.739. The third-order valence-electron chi connectivity index (χ3n) is 3.19. The Morgan fingerprint density at radius 3 is 2.79 bits per heavy atom. The van der Waals surface area contributed by atoms with E-state index in [1.165, 1.54) is 0 Å². The summed E-state index contributed by atoms with van der Waals surface area (Å²) in [6.07, 6.45) is 0.739. The first kappa shape index (κ1) is 11.7. The van der Waals surface area contributed by atoms with Gasteiger partial charge in [0.15, 0.2) is 5.65 Å². The monoisotopic (exact) mass is 253 g/mol. The number of nitrogens with zero attached hydrogens (tertiary/aromatic N) is 3. The van der Waals surface area contributed by atoms with Crippen molar-refractivity contribution in [1.82, 2.24) is 14.6 Å². The molecule has 0 N–H and O–H groups in total. The second kappa shape index (κ2) is 4.72. The number of benzene rings is 1. The molecule has 0 aliphatic heterocycles. The van der Waals surface area contributed by atoms with E-state index in [2.05, 4.69) is 33.7 Å². The van der Waals surface area contributed by atoms with E-state index >= 15 is 0 Å². The summed E-state index contributed by atoms with van der Waals surface area (Å²) in [5.74, 6) is 1.81. The summed E-state index contributed by atoms with van der Waals surface area (Å²) in [5.41, 5.74) is 3.19. The van der Waals surface area contributed by atoms with Crippen molar-refractivity contribution in [3.05, 3.63) is 59.5 Å². The Bertz CT molecular complexity index is 718. The maximum absolute atomic E-state index is 5.24. The van der Waals surface area contributed by atoms with Crippen LogP contribution in [0.1, 0.15) is 17.1 Å². The average Bonchev–Trinajstić information content (AvgIpc) is 2.84. The molecule has 0 radical (unpaired) electrons. The first-order valence-corrected chi connectivity index (χ1v) is 6.20. The average molecular weight is 253 g/mol. The van der Waals surface area contributed by atoms with Crippen molar-refractivity contribution in [3.8, 4) is 5.75 Å². The predicted octanol–water partition coefficient (Wildman–Crippen LogP) is 2.64. The minimum Gasteiger partial charge on any atom is -0.497 e. The Morgan fingerprint density at radius 2 is 1.95 bits per heavy atom. The molecule has 0 fully saturated rings. The molecule has 0 saturated carbocycles. The quantitative estimate of drug-likeness (QED) is 0.720. The Balaban J connectivity index is 2.01. The van der Waals surface area contributed by atoms with Crippen LogP contribution in [0.15, 0.2) is 42.5 Å². The molecule has 0 bridgehead atoms. The molecule has 0 spiro atoms. The summed E-state index contributed by atoms with van der Waals surface area (Å²) < 4.78 is 7.33. The van der Waals surface area contributed by atoms with E-state index in [-0.39, 0.29) is 0 Å². The van der Waals surface area contributed by atoms with Gasteiger partial charge in [0, 0.05) is 12.1 Å². The Hall–Kier alpha value is -2.36. The molecule has 2 heterocycles. The molecule has 3 rings (SSSR count). The largest absolute Gasteiger partial charge is 0.497 e. The predicted molar refractivity (Wildman–Crippen MR) is 73.5 cm³/mol. The summed E-state index contributed by atoms with van der Waals surface area (Å²) >= 11 is 0. The van der Waals surface area contributed by atoms with Crippen molar-refractivity contribution in [2.45, 2.75) is 13.3 Å². The van der Waals surface area contributed by atoms with Crippen LogP contribution in [0.3, 0.4) is 0 Å². The summed E-state index contributed by atoms with van der Waals surface area (Å²) in [6, 6.07) is 14.1. The molecular weight excluding hydrogens is 238 g/mol. The number of pyridine rings is 1. The van der Waals surface area contributed by atoms with Gasteiger partial charge < -0.3 is 4.74 Å². The van der Waals surface area contributed by atoms with Crippen molar-refractivity contribution < 1.29 is 4.74 Å². The van der Waals surface area contributed by atoms with Crippen LogP contribution in [-0.4, -0.2) is 21.7 Å². The SMILES string of the molecule is COc1cccc(Cc2nnc3cccc(C)n23)c1. The van der Waals surface area contributed by atoms with Crippen LogP contribution in [0.5, 0.6) is 5.75 Å². The van der Waals surface area contributed by atoms with Gasteiger partial charge in [-0.2, -0.15) is 0 Å². The fourth-order valence-electron chi connectivity index (χ4n) is 2.25. The highest BCUT2D eigenvalue weighted by Crippen LogP contribution is 2.16. The number of rotatable bonds is 3. The van der Waals surface area contributed by atoms with Crippen LogP contribution < -0.4 is 4.74 Å². The lowest BCUT2D eigenvalue weighted by molar-refractivity contribution is 0.414. The second-order valence-electron chi connectivity index (χ2n) is 4.51. The number of methoxy groups -OCH3 is 1. The van der Waals surface area contributed by atoms with Gasteiger partial charge in [-0.1, -0.05) is 18.2 Å². The lowest BCUT2D eigenvalue weighted by atomic mass is 10.1. The molecule has 0 aliphatic rings. The van der Waals surface area contributed by atoms with Gasteiger partial charge in [0.2, 0.25) is 0 Å². The second-order valence-corrected chi connectivity index (χ2v) is 4.51. The standard InChI is InChI=1S/C15H15N3O/c1-11-5-3-8-14-16-17-15(18(11)14)10-12-6-4-7-13(9-12)19-2/h3-9H,10H2,1-2H3. The fraction of sp³-hybridized carbons (Fsp3) is 0.200. The lowest BCUT2D eigenvalue weighted by Gasteiger charge is -2.05. The van der Waals surface area contributed by atoms with Gasteiger partial charge in [-0.15, -0.1) is 10.2 Å². The third-order valence-corrected chi connectivity index (χ3v) is 3.19. The van der Waals surface area contributed by atoms with E-state index < -0.39 is 0 Å². The molecule has 96 valence electrons. The third kappa shape index (κ3) is 2.17. The molecule has 0 amide bonds. The van der Waals surface area contributed by atoms with Crippen molar-refractivity contribution >= 4 is 5.65 Å². The van der Waals surface area contributed by atoms with Gasteiger partial charge in [0.25, 0.3) is 0 Å². The van der Waals surface area contributed by atoms with Crippen LogP contribution in [0, 0.1) is 6.92 Å². The van der Waals surface area contributed by atoms with E-state index in [1.54, 1.807) is 7.11 Å². The van der Waals surface area contributed by atoms with Crippen LogP contribution in [-0.2, 0) is 6.42 Å². The summed E-state index contributed by atoms with van der Waals surface area (Å²) in [6.45, 7) is 2.06. The molecule has 4 nitrogen and oxygen atoms in total. The Kier molecular flexibility index (Phi) is 2.91.